The van der Waals surface area contributed by atoms with E-state index in [1.54, 1.807) is 24.4 Å². The van der Waals surface area contributed by atoms with E-state index in [2.05, 4.69) is 9.97 Å². The second kappa shape index (κ2) is 5.46. The topological polar surface area (TPSA) is 63.1 Å². The Labute approximate surface area is 125 Å². The zero-order chi connectivity index (χ0) is 14.8. The van der Waals surface area contributed by atoms with Crippen molar-refractivity contribution in [2.75, 3.05) is 0 Å². The Morgan fingerprint density at radius 3 is 2.86 bits per heavy atom. The molecule has 0 fully saturated rings. The fourth-order valence-corrected chi connectivity index (χ4v) is 2.92. The van der Waals surface area contributed by atoms with Gasteiger partial charge in [-0.25, -0.2) is 9.78 Å². The first-order valence-electron chi connectivity index (χ1n) is 6.36. The van der Waals surface area contributed by atoms with E-state index >= 15 is 0 Å². The Hall–Kier alpha value is -2.53. The van der Waals surface area contributed by atoms with Gasteiger partial charge in [0.05, 0.1) is 11.3 Å². The lowest BCUT2D eigenvalue weighted by Crippen LogP contribution is -1.95. The molecule has 0 spiro atoms. The van der Waals surface area contributed by atoms with Crippen LogP contribution in [0.25, 0.3) is 22.0 Å². The molecule has 104 valence electrons. The van der Waals surface area contributed by atoms with Gasteiger partial charge in [-0.2, -0.15) is 0 Å². The molecule has 0 atom stereocenters. The van der Waals surface area contributed by atoms with Gasteiger partial charge in [0.1, 0.15) is 10.7 Å². The smallest absolute Gasteiger partial charge is 0.335 e. The first-order chi connectivity index (χ1) is 10.1. The van der Waals surface area contributed by atoms with Crippen molar-refractivity contribution in [3.63, 3.8) is 0 Å². The van der Waals surface area contributed by atoms with Crippen molar-refractivity contribution in [1.29, 1.82) is 0 Å². The summed E-state index contributed by atoms with van der Waals surface area (Å²) in [6, 6.07) is 10.7. The molecule has 0 aliphatic heterocycles. The second-order valence-corrected chi connectivity index (χ2v) is 5.45. The van der Waals surface area contributed by atoms with Crippen LogP contribution in [0.15, 0.2) is 48.0 Å². The Morgan fingerprint density at radius 1 is 1.24 bits per heavy atom. The summed E-state index contributed by atoms with van der Waals surface area (Å²) >= 11 is 1.50. The number of hydrogen-bond donors (Lipinski definition) is 1. The van der Waals surface area contributed by atoms with Gasteiger partial charge >= 0.3 is 5.97 Å². The van der Waals surface area contributed by atoms with Crippen LogP contribution in [0.2, 0.25) is 0 Å². The minimum atomic E-state index is -0.937. The third-order valence-corrected chi connectivity index (χ3v) is 3.97. The number of thiazole rings is 1. The third kappa shape index (κ3) is 2.68. The van der Waals surface area contributed by atoms with E-state index < -0.39 is 5.97 Å². The summed E-state index contributed by atoms with van der Waals surface area (Å²) in [6.45, 7) is 1.99. The molecule has 0 amide bonds. The number of aromatic carboxylic acids is 1. The number of aromatic nitrogens is 2. The van der Waals surface area contributed by atoms with Crippen molar-refractivity contribution in [2.45, 2.75) is 6.92 Å². The van der Waals surface area contributed by atoms with Gasteiger partial charge in [-0.05, 0) is 30.7 Å². The largest absolute Gasteiger partial charge is 0.478 e. The number of benzene rings is 1. The van der Waals surface area contributed by atoms with Crippen LogP contribution in [-0.2, 0) is 0 Å². The molecule has 0 unspecified atom stereocenters. The highest BCUT2D eigenvalue weighted by atomic mass is 32.1. The van der Waals surface area contributed by atoms with E-state index in [0.717, 1.165) is 27.5 Å². The number of aryl methyl sites for hydroxylation is 1. The van der Waals surface area contributed by atoms with Crippen molar-refractivity contribution in [1.82, 2.24) is 9.97 Å². The molecule has 21 heavy (non-hydrogen) atoms. The molecule has 0 aliphatic carbocycles. The number of carboxylic acid groups (broad SMARTS) is 1. The van der Waals surface area contributed by atoms with Crippen molar-refractivity contribution in [3.8, 4) is 22.0 Å². The van der Waals surface area contributed by atoms with Gasteiger partial charge in [-0.3, -0.25) is 4.98 Å². The minimum absolute atomic E-state index is 0.260. The molecule has 0 saturated carbocycles. The normalized spacial score (nSPS) is 10.5. The first kappa shape index (κ1) is 13.5. The first-order valence-corrected chi connectivity index (χ1v) is 7.24. The molecule has 3 aromatic rings. The maximum Gasteiger partial charge on any atom is 0.335 e. The van der Waals surface area contributed by atoms with Gasteiger partial charge in [-0.15, -0.1) is 11.3 Å². The summed E-state index contributed by atoms with van der Waals surface area (Å²) in [7, 11) is 0. The molecule has 0 aliphatic rings. The molecular weight excluding hydrogens is 284 g/mol. The Kier molecular flexibility index (Phi) is 3.50. The molecule has 5 heteroatoms. The van der Waals surface area contributed by atoms with Crippen LogP contribution in [0.5, 0.6) is 0 Å². The highest BCUT2D eigenvalue weighted by Crippen LogP contribution is 2.29. The predicted molar refractivity (Wildman–Crippen MR) is 82.5 cm³/mol. The number of hydrogen-bond acceptors (Lipinski definition) is 4. The van der Waals surface area contributed by atoms with Gasteiger partial charge < -0.3 is 5.11 Å². The van der Waals surface area contributed by atoms with Crippen LogP contribution in [0, 0.1) is 6.92 Å². The van der Waals surface area contributed by atoms with Gasteiger partial charge in [0.15, 0.2) is 0 Å². The van der Waals surface area contributed by atoms with Crippen molar-refractivity contribution < 1.29 is 9.90 Å². The van der Waals surface area contributed by atoms with Gasteiger partial charge in [-0.1, -0.05) is 18.2 Å². The average Bonchev–Trinajstić information content (AvgIpc) is 2.97. The van der Waals surface area contributed by atoms with Gasteiger partial charge in [0.2, 0.25) is 0 Å². The monoisotopic (exact) mass is 296 g/mol. The van der Waals surface area contributed by atoms with Crippen LogP contribution >= 0.6 is 11.3 Å². The Balaban J connectivity index is 2.01. The van der Waals surface area contributed by atoms with E-state index in [0.29, 0.717) is 0 Å². The summed E-state index contributed by atoms with van der Waals surface area (Å²) in [5, 5.41) is 11.8. The molecule has 1 aromatic carbocycles. The van der Waals surface area contributed by atoms with Crippen LogP contribution < -0.4 is 0 Å². The fourth-order valence-electron chi connectivity index (χ4n) is 2.04. The van der Waals surface area contributed by atoms with E-state index in [9.17, 15) is 4.79 Å². The number of pyridine rings is 1. The van der Waals surface area contributed by atoms with Crippen LogP contribution in [-0.4, -0.2) is 21.0 Å². The van der Waals surface area contributed by atoms with Crippen molar-refractivity contribution in [2.24, 2.45) is 0 Å². The fraction of sp³-hybridized carbons (Fsp3) is 0.0625. The molecule has 0 radical (unpaired) electrons. The molecule has 2 heterocycles. The average molecular weight is 296 g/mol. The number of carboxylic acids is 1. The number of rotatable bonds is 3. The quantitative estimate of drug-likeness (QED) is 0.796. The third-order valence-electron chi connectivity index (χ3n) is 3.12. The lowest BCUT2D eigenvalue weighted by molar-refractivity contribution is 0.0697. The number of nitrogens with zero attached hydrogens (tertiary/aromatic N) is 2. The van der Waals surface area contributed by atoms with Crippen LogP contribution in [0.4, 0.5) is 0 Å². The van der Waals surface area contributed by atoms with Gasteiger partial charge in [0, 0.05) is 17.1 Å². The molecule has 0 bridgehead atoms. The molecule has 2 aromatic heterocycles. The van der Waals surface area contributed by atoms with Gasteiger partial charge in [0.25, 0.3) is 0 Å². The molecular formula is C16H12N2O2S. The van der Waals surface area contributed by atoms with Crippen molar-refractivity contribution in [3.05, 3.63) is 59.1 Å². The van der Waals surface area contributed by atoms with E-state index in [-0.39, 0.29) is 5.56 Å². The van der Waals surface area contributed by atoms with Crippen molar-refractivity contribution >= 4 is 17.3 Å². The summed E-state index contributed by atoms with van der Waals surface area (Å²) in [6.07, 6.45) is 1.74. The summed E-state index contributed by atoms with van der Waals surface area (Å²) in [5.74, 6) is -0.937. The lowest BCUT2D eigenvalue weighted by Gasteiger charge is -2.00. The Morgan fingerprint density at radius 2 is 2.10 bits per heavy atom. The zero-order valence-corrected chi connectivity index (χ0v) is 12.1. The lowest BCUT2D eigenvalue weighted by atomic mass is 10.1. The molecule has 3 rings (SSSR count). The maximum atomic E-state index is 11.0. The molecule has 1 N–H and O–H groups in total. The standard InChI is InChI=1S/C16H12N2O2S/c1-10-4-3-7-17-14(10)15-18-13(9-21-15)11-5-2-6-12(8-11)16(19)20/h2-9H,1H3,(H,19,20). The second-order valence-electron chi connectivity index (χ2n) is 4.59. The van der Waals surface area contributed by atoms with Crippen LogP contribution in [0.3, 0.4) is 0 Å². The molecule has 0 saturated heterocycles. The maximum absolute atomic E-state index is 11.0. The predicted octanol–water partition coefficient (Wildman–Crippen LogP) is 3.88. The number of carbonyl (C=O) groups is 1. The van der Waals surface area contributed by atoms with E-state index in [1.165, 1.54) is 11.3 Å². The SMILES string of the molecule is Cc1cccnc1-c1nc(-c2cccc(C(=O)O)c2)cs1. The summed E-state index contributed by atoms with van der Waals surface area (Å²) < 4.78 is 0. The highest BCUT2D eigenvalue weighted by Gasteiger charge is 2.11. The highest BCUT2D eigenvalue weighted by molar-refractivity contribution is 7.13. The van der Waals surface area contributed by atoms with E-state index in [1.807, 2.05) is 30.5 Å². The summed E-state index contributed by atoms with van der Waals surface area (Å²) in [4.78, 5) is 20.0. The van der Waals surface area contributed by atoms with Crippen LogP contribution in [0.1, 0.15) is 15.9 Å². The Bertz CT molecular complexity index is 811. The van der Waals surface area contributed by atoms with E-state index in [4.69, 9.17) is 5.11 Å². The summed E-state index contributed by atoms with van der Waals surface area (Å²) in [5.41, 5.74) is 3.76. The zero-order valence-electron chi connectivity index (χ0n) is 11.3. The molecule has 4 nitrogen and oxygen atoms in total. The minimum Gasteiger partial charge on any atom is -0.478 e.